The van der Waals surface area contributed by atoms with Gasteiger partial charge in [-0.3, -0.25) is 10.2 Å². The number of rotatable bonds is 4. The fraction of sp³-hybridized carbons (Fsp3) is 0.357. The zero-order valence-corrected chi connectivity index (χ0v) is 10.7. The Kier molecular flexibility index (Phi) is 4.54. The SMILES string of the molecule is NCC1CC=C(NC(=O)O)CN1Cc1ccccc1. The van der Waals surface area contributed by atoms with Crippen LogP contribution >= 0.6 is 0 Å². The van der Waals surface area contributed by atoms with Crippen molar-refractivity contribution in [3.05, 3.63) is 47.7 Å². The van der Waals surface area contributed by atoms with Crippen LogP contribution in [0.3, 0.4) is 0 Å². The zero-order chi connectivity index (χ0) is 13.7. The predicted molar refractivity (Wildman–Crippen MR) is 73.6 cm³/mol. The minimum Gasteiger partial charge on any atom is -0.465 e. The van der Waals surface area contributed by atoms with Gasteiger partial charge in [-0.25, -0.2) is 4.79 Å². The Morgan fingerprint density at radius 1 is 1.42 bits per heavy atom. The van der Waals surface area contributed by atoms with E-state index < -0.39 is 6.09 Å². The van der Waals surface area contributed by atoms with Crippen molar-refractivity contribution in [2.24, 2.45) is 5.73 Å². The Hall–Kier alpha value is -1.85. The van der Waals surface area contributed by atoms with Crippen molar-refractivity contribution < 1.29 is 9.90 Å². The molecule has 1 aromatic rings. The monoisotopic (exact) mass is 261 g/mol. The quantitative estimate of drug-likeness (QED) is 0.765. The number of amides is 1. The Bertz CT molecular complexity index is 459. The highest BCUT2D eigenvalue weighted by Crippen LogP contribution is 2.17. The lowest BCUT2D eigenvalue weighted by Gasteiger charge is -2.34. The second-order valence-electron chi connectivity index (χ2n) is 4.68. The molecule has 0 bridgehead atoms. The van der Waals surface area contributed by atoms with Gasteiger partial charge < -0.3 is 10.8 Å². The van der Waals surface area contributed by atoms with Crippen LogP contribution in [0.1, 0.15) is 12.0 Å². The summed E-state index contributed by atoms with van der Waals surface area (Å²) in [5.74, 6) is 0. The lowest BCUT2D eigenvalue weighted by Crippen LogP contribution is -2.45. The molecule has 1 unspecified atom stereocenters. The average molecular weight is 261 g/mol. The molecule has 1 atom stereocenters. The molecule has 1 aliphatic heterocycles. The Balaban J connectivity index is 2.05. The number of nitrogens with zero attached hydrogens (tertiary/aromatic N) is 1. The molecular formula is C14H19N3O2. The topological polar surface area (TPSA) is 78.6 Å². The van der Waals surface area contributed by atoms with Gasteiger partial charge in [0.2, 0.25) is 0 Å². The maximum atomic E-state index is 10.7. The van der Waals surface area contributed by atoms with E-state index >= 15 is 0 Å². The Morgan fingerprint density at radius 2 is 2.16 bits per heavy atom. The van der Waals surface area contributed by atoms with Crippen LogP contribution in [0.2, 0.25) is 0 Å². The molecule has 0 radical (unpaired) electrons. The molecule has 0 spiro atoms. The van der Waals surface area contributed by atoms with Gasteiger partial charge in [0.1, 0.15) is 0 Å². The summed E-state index contributed by atoms with van der Waals surface area (Å²) in [6.07, 6.45) is 1.68. The second-order valence-corrected chi connectivity index (χ2v) is 4.68. The average Bonchev–Trinajstić information content (AvgIpc) is 2.39. The minimum atomic E-state index is -1.02. The lowest BCUT2D eigenvalue weighted by atomic mass is 10.0. The number of nitrogens with two attached hydrogens (primary N) is 1. The molecule has 2 rings (SSSR count). The van der Waals surface area contributed by atoms with E-state index in [9.17, 15) is 4.79 Å². The van der Waals surface area contributed by atoms with E-state index in [-0.39, 0.29) is 6.04 Å². The van der Waals surface area contributed by atoms with E-state index in [0.29, 0.717) is 13.1 Å². The van der Waals surface area contributed by atoms with E-state index in [4.69, 9.17) is 10.8 Å². The van der Waals surface area contributed by atoms with Gasteiger partial charge in [0.05, 0.1) is 0 Å². The number of hydrogen-bond acceptors (Lipinski definition) is 3. The first-order chi connectivity index (χ1) is 9.19. The van der Waals surface area contributed by atoms with E-state index in [1.54, 1.807) is 0 Å². The molecule has 1 aromatic carbocycles. The van der Waals surface area contributed by atoms with Crippen LogP contribution in [-0.2, 0) is 6.54 Å². The van der Waals surface area contributed by atoms with Crippen molar-refractivity contribution >= 4 is 6.09 Å². The van der Waals surface area contributed by atoms with E-state index in [1.165, 1.54) is 5.56 Å². The summed E-state index contributed by atoms with van der Waals surface area (Å²) in [6.45, 7) is 1.94. The molecular weight excluding hydrogens is 242 g/mol. The molecule has 0 aromatic heterocycles. The van der Waals surface area contributed by atoms with Gasteiger partial charge in [-0.1, -0.05) is 36.4 Å². The summed E-state index contributed by atoms with van der Waals surface area (Å²) < 4.78 is 0. The van der Waals surface area contributed by atoms with Gasteiger partial charge in [-0.15, -0.1) is 0 Å². The Morgan fingerprint density at radius 3 is 2.79 bits per heavy atom. The summed E-state index contributed by atoms with van der Waals surface area (Å²) in [5, 5.41) is 11.2. The summed E-state index contributed by atoms with van der Waals surface area (Å²) in [6, 6.07) is 10.4. The molecule has 0 aliphatic carbocycles. The number of hydrogen-bond donors (Lipinski definition) is 3. The Labute approximate surface area is 112 Å². The van der Waals surface area contributed by atoms with Gasteiger partial charge in [0, 0.05) is 31.4 Å². The van der Waals surface area contributed by atoms with Gasteiger partial charge in [-0.2, -0.15) is 0 Å². The molecule has 1 heterocycles. The minimum absolute atomic E-state index is 0.263. The molecule has 19 heavy (non-hydrogen) atoms. The molecule has 1 amide bonds. The standard InChI is InChI=1S/C14H19N3O2/c15-8-13-7-6-12(16-14(18)19)10-17(13)9-11-4-2-1-3-5-11/h1-6,13,16H,7-10,15H2,(H,18,19). The van der Waals surface area contributed by atoms with Crippen LogP contribution in [0.15, 0.2) is 42.1 Å². The molecule has 5 heteroatoms. The summed E-state index contributed by atoms with van der Waals surface area (Å²) in [5.41, 5.74) is 7.72. The van der Waals surface area contributed by atoms with Crippen molar-refractivity contribution in [1.29, 1.82) is 0 Å². The van der Waals surface area contributed by atoms with Crippen LogP contribution in [0.25, 0.3) is 0 Å². The summed E-state index contributed by atoms with van der Waals surface area (Å²) in [4.78, 5) is 12.9. The van der Waals surface area contributed by atoms with Crippen LogP contribution in [-0.4, -0.2) is 35.2 Å². The fourth-order valence-electron chi connectivity index (χ4n) is 2.32. The number of nitrogens with one attached hydrogen (secondary N) is 1. The molecule has 4 N–H and O–H groups in total. The number of carboxylic acid groups (broad SMARTS) is 1. The third kappa shape index (κ3) is 3.81. The smallest absolute Gasteiger partial charge is 0.408 e. The van der Waals surface area contributed by atoms with Crippen molar-refractivity contribution in [2.75, 3.05) is 13.1 Å². The van der Waals surface area contributed by atoms with Gasteiger partial charge >= 0.3 is 6.09 Å². The maximum absolute atomic E-state index is 10.7. The summed E-state index contributed by atoms with van der Waals surface area (Å²) >= 11 is 0. The number of carbonyl (C=O) groups is 1. The van der Waals surface area contributed by atoms with Gasteiger partial charge in [0.25, 0.3) is 0 Å². The van der Waals surface area contributed by atoms with E-state index in [1.807, 2.05) is 24.3 Å². The predicted octanol–water partition coefficient (Wildman–Crippen LogP) is 1.37. The third-order valence-electron chi connectivity index (χ3n) is 3.29. The zero-order valence-electron chi connectivity index (χ0n) is 10.7. The maximum Gasteiger partial charge on any atom is 0.408 e. The second kappa shape index (κ2) is 6.36. The molecule has 5 nitrogen and oxygen atoms in total. The molecule has 102 valence electrons. The lowest BCUT2D eigenvalue weighted by molar-refractivity contribution is 0.181. The van der Waals surface area contributed by atoms with Crippen LogP contribution in [0.4, 0.5) is 4.79 Å². The van der Waals surface area contributed by atoms with Crippen molar-refractivity contribution in [3.8, 4) is 0 Å². The molecule has 1 aliphatic rings. The molecule has 0 fully saturated rings. The van der Waals surface area contributed by atoms with E-state index in [2.05, 4.69) is 22.3 Å². The highest BCUT2D eigenvalue weighted by molar-refractivity contribution is 5.67. The summed E-state index contributed by atoms with van der Waals surface area (Å²) in [7, 11) is 0. The first-order valence-corrected chi connectivity index (χ1v) is 6.36. The van der Waals surface area contributed by atoms with Gasteiger partial charge in [0.15, 0.2) is 0 Å². The van der Waals surface area contributed by atoms with Crippen LogP contribution in [0.5, 0.6) is 0 Å². The normalized spacial score (nSPS) is 19.8. The van der Waals surface area contributed by atoms with Crippen molar-refractivity contribution in [1.82, 2.24) is 10.2 Å². The van der Waals surface area contributed by atoms with Gasteiger partial charge in [-0.05, 0) is 12.0 Å². The van der Waals surface area contributed by atoms with E-state index in [0.717, 1.165) is 18.7 Å². The fourth-order valence-corrected chi connectivity index (χ4v) is 2.32. The van der Waals surface area contributed by atoms with Crippen molar-refractivity contribution in [3.63, 3.8) is 0 Å². The number of benzene rings is 1. The highest BCUT2D eigenvalue weighted by atomic mass is 16.4. The van der Waals surface area contributed by atoms with Crippen molar-refractivity contribution in [2.45, 2.75) is 19.0 Å². The first-order valence-electron chi connectivity index (χ1n) is 6.36. The third-order valence-corrected chi connectivity index (χ3v) is 3.29. The van der Waals surface area contributed by atoms with Crippen LogP contribution < -0.4 is 11.1 Å². The molecule has 0 saturated heterocycles. The van der Waals surface area contributed by atoms with Crippen LogP contribution in [0, 0.1) is 0 Å². The first kappa shape index (κ1) is 13.6. The molecule has 0 saturated carbocycles. The highest BCUT2D eigenvalue weighted by Gasteiger charge is 2.22. The largest absolute Gasteiger partial charge is 0.465 e.